The number of amides is 1. The molecular weight excluding hydrogens is 258 g/mol. The minimum absolute atomic E-state index is 0.0176. The highest BCUT2D eigenvalue weighted by Crippen LogP contribution is 2.15. The lowest BCUT2D eigenvalue weighted by atomic mass is 10.1. The van der Waals surface area contributed by atoms with Gasteiger partial charge in [0.15, 0.2) is 0 Å². The number of imidazole rings is 1. The first-order chi connectivity index (χ1) is 9.29. The standard InChI is InChI=1S/C14H17N3OS/c18-14(6-9-19)16-13(10-17-8-7-15-11-17)12-4-2-1-3-5-12/h1-5,7-8,11,13,19H,6,9-10H2,(H,16,18). The second-order valence-corrected chi connectivity index (χ2v) is 4.71. The number of hydrogen-bond donors (Lipinski definition) is 2. The first kappa shape index (κ1) is 13.7. The van der Waals surface area contributed by atoms with E-state index in [2.05, 4.69) is 22.9 Å². The fourth-order valence-corrected chi connectivity index (χ4v) is 2.10. The van der Waals surface area contributed by atoms with Crippen molar-refractivity contribution in [1.82, 2.24) is 14.9 Å². The van der Waals surface area contributed by atoms with Gasteiger partial charge in [-0.1, -0.05) is 30.3 Å². The summed E-state index contributed by atoms with van der Waals surface area (Å²) < 4.78 is 1.96. The van der Waals surface area contributed by atoms with Crippen LogP contribution in [0.15, 0.2) is 49.1 Å². The molecule has 4 nitrogen and oxygen atoms in total. The molecule has 0 saturated carbocycles. The molecule has 2 aromatic rings. The molecule has 0 fully saturated rings. The average molecular weight is 275 g/mol. The highest BCUT2D eigenvalue weighted by atomic mass is 32.1. The molecule has 100 valence electrons. The average Bonchev–Trinajstić information content (AvgIpc) is 2.92. The normalized spacial score (nSPS) is 12.1. The quantitative estimate of drug-likeness (QED) is 0.793. The summed E-state index contributed by atoms with van der Waals surface area (Å²) in [4.78, 5) is 15.8. The molecule has 0 aliphatic rings. The topological polar surface area (TPSA) is 46.9 Å². The Morgan fingerprint density at radius 2 is 2.16 bits per heavy atom. The van der Waals surface area contributed by atoms with E-state index < -0.39 is 0 Å². The summed E-state index contributed by atoms with van der Waals surface area (Å²) in [5.41, 5.74) is 1.09. The highest BCUT2D eigenvalue weighted by Gasteiger charge is 2.14. The van der Waals surface area contributed by atoms with E-state index in [0.717, 1.165) is 5.56 Å². The molecule has 0 saturated heterocycles. The largest absolute Gasteiger partial charge is 0.347 e. The second kappa shape index (κ2) is 6.99. The van der Waals surface area contributed by atoms with Crippen LogP contribution in [0.1, 0.15) is 18.0 Å². The van der Waals surface area contributed by atoms with Crippen molar-refractivity contribution in [3.8, 4) is 0 Å². The first-order valence-corrected chi connectivity index (χ1v) is 6.83. The van der Waals surface area contributed by atoms with E-state index in [4.69, 9.17) is 0 Å². The molecule has 0 bridgehead atoms. The lowest BCUT2D eigenvalue weighted by molar-refractivity contribution is -0.121. The number of aromatic nitrogens is 2. The third-order valence-electron chi connectivity index (χ3n) is 2.83. The predicted molar refractivity (Wildman–Crippen MR) is 78.0 cm³/mol. The lowest BCUT2D eigenvalue weighted by Crippen LogP contribution is -2.31. The first-order valence-electron chi connectivity index (χ1n) is 6.20. The number of nitrogens with one attached hydrogen (secondary N) is 1. The molecular formula is C14H17N3OS. The van der Waals surface area contributed by atoms with E-state index in [-0.39, 0.29) is 11.9 Å². The maximum absolute atomic E-state index is 11.8. The van der Waals surface area contributed by atoms with Gasteiger partial charge in [0.1, 0.15) is 0 Å². The molecule has 1 atom stereocenters. The number of benzene rings is 1. The minimum Gasteiger partial charge on any atom is -0.347 e. The Bertz CT molecular complexity index is 499. The summed E-state index contributed by atoms with van der Waals surface area (Å²) in [6.07, 6.45) is 5.80. The molecule has 1 aromatic heterocycles. The fourth-order valence-electron chi connectivity index (χ4n) is 1.89. The molecule has 0 radical (unpaired) electrons. The molecule has 1 amide bonds. The van der Waals surface area contributed by atoms with Crippen molar-refractivity contribution in [2.75, 3.05) is 5.75 Å². The van der Waals surface area contributed by atoms with Crippen LogP contribution in [0.4, 0.5) is 0 Å². The molecule has 1 N–H and O–H groups in total. The van der Waals surface area contributed by atoms with Crippen LogP contribution in [0, 0.1) is 0 Å². The van der Waals surface area contributed by atoms with Gasteiger partial charge in [0.25, 0.3) is 0 Å². The van der Waals surface area contributed by atoms with E-state index in [1.54, 1.807) is 12.5 Å². The van der Waals surface area contributed by atoms with Crippen molar-refractivity contribution >= 4 is 18.5 Å². The minimum atomic E-state index is -0.0530. The van der Waals surface area contributed by atoms with Gasteiger partial charge in [0.2, 0.25) is 5.91 Å². The lowest BCUT2D eigenvalue weighted by Gasteiger charge is -2.19. The molecule has 19 heavy (non-hydrogen) atoms. The van der Waals surface area contributed by atoms with Gasteiger partial charge < -0.3 is 9.88 Å². The molecule has 1 heterocycles. The van der Waals surface area contributed by atoms with Crippen LogP contribution >= 0.6 is 12.6 Å². The molecule has 2 rings (SSSR count). The number of rotatable bonds is 6. The third kappa shape index (κ3) is 4.13. The number of carbonyl (C=O) groups is 1. The summed E-state index contributed by atoms with van der Waals surface area (Å²) in [6, 6.07) is 9.89. The zero-order valence-corrected chi connectivity index (χ0v) is 11.5. The molecule has 1 unspecified atom stereocenters. The summed E-state index contributed by atoms with van der Waals surface area (Å²) in [5.74, 6) is 0.572. The predicted octanol–water partition coefficient (Wildman–Crippen LogP) is 2.06. The number of nitrogens with zero attached hydrogens (tertiary/aromatic N) is 2. The van der Waals surface area contributed by atoms with E-state index in [1.807, 2.05) is 41.1 Å². The van der Waals surface area contributed by atoms with Crippen molar-refractivity contribution in [2.45, 2.75) is 19.0 Å². The molecule has 5 heteroatoms. The number of carbonyl (C=O) groups excluding carboxylic acids is 1. The van der Waals surface area contributed by atoms with Gasteiger partial charge in [-0.3, -0.25) is 4.79 Å². The summed E-state index contributed by atoms with van der Waals surface area (Å²) >= 11 is 4.08. The van der Waals surface area contributed by atoms with Gasteiger partial charge >= 0.3 is 0 Å². The second-order valence-electron chi connectivity index (χ2n) is 4.26. The maximum Gasteiger partial charge on any atom is 0.221 e. The van der Waals surface area contributed by atoms with Crippen LogP contribution in [0.3, 0.4) is 0 Å². The molecule has 0 spiro atoms. The van der Waals surface area contributed by atoms with E-state index in [0.29, 0.717) is 18.7 Å². The Labute approximate surface area is 118 Å². The Hall–Kier alpha value is -1.75. The van der Waals surface area contributed by atoms with Gasteiger partial charge in [0.05, 0.1) is 12.4 Å². The van der Waals surface area contributed by atoms with E-state index >= 15 is 0 Å². The monoisotopic (exact) mass is 275 g/mol. The Morgan fingerprint density at radius 1 is 1.37 bits per heavy atom. The van der Waals surface area contributed by atoms with Crippen LogP contribution in [-0.2, 0) is 11.3 Å². The zero-order chi connectivity index (χ0) is 13.5. The van der Waals surface area contributed by atoms with Gasteiger partial charge in [-0.15, -0.1) is 0 Å². The van der Waals surface area contributed by atoms with E-state index in [9.17, 15) is 4.79 Å². The summed E-state index contributed by atoms with van der Waals surface area (Å²) in [7, 11) is 0. The van der Waals surface area contributed by atoms with Crippen molar-refractivity contribution < 1.29 is 4.79 Å². The smallest absolute Gasteiger partial charge is 0.221 e. The van der Waals surface area contributed by atoms with Crippen LogP contribution in [0.5, 0.6) is 0 Å². The van der Waals surface area contributed by atoms with E-state index in [1.165, 1.54) is 0 Å². The summed E-state index contributed by atoms with van der Waals surface area (Å²) in [6.45, 7) is 0.669. The number of hydrogen-bond acceptors (Lipinski definition) is 3. The van der Waals surface area contributed by atoms with Crippen molar-refractivity contribution in [1.29, 1.82) is 0 Å². The third-order valence-corrected chi connectivity index (χ3v) is 3.05. The number of thiol groups is 1. The Kier molecular flexibility index (Phi) is 5.03. The maximum atomic E-state index is 11.8. The molecule has 0 aliphatic heterocycles. The highest BCUT2D eigenvalue weighted by molar-refractivity contribution is 7.80. The van der Waals surface area contributed by atoms with Crippen molar-refractivity contribution in [2.24, 2.45) is 0 Å². The molecule has 0 aliphatic carbocycles. The van der Waals surface area contributed by atoms with Crippen LogP contribution < -0.4 is 5.32 Å². The Balaban J connectivity index is 2.11. The fraction of sp³-hybridized carbons (Fsp3) is 0.286. The molecule has 1 aromatic carbocycles. The Morgan fingerprint density at radius 3 is 2.79 bits per heavy atom. The van der Waals surface area contributed by atoms with Crippen LogP contribution in [-0.4, -0.2) is 21.2 Å². The van der Waals surface area contributed by atoms with Crippen LogP contribution in [0.25, 0.3) is 0 Å². The summed E-state index contributed by atoms with van der Waals surface area (Å²) in [5, 5.41) is 3.04. The van der Waals surface area contributed by atoms with Crippen LogP contribution in [0.2, 0.25) is 0 Å². The SMILES string of the molecule is O=C(CCS)NC(Cn1ccnc1)c1ccccc1. The van der Waals surface area contributed by atoms with Gasteiger partial charge in [-0.05, 0) is 11.3 Å². The van der Waals surface area contributed by atoms with Gasteiger partial charge in [0, 0.05) is 25.4 Å². The van der Waals surface area contributed by atoms with Gasteiger partial charge in [-0.25, -0.2) is 4.98 Å². The van der Waals surface area contributed by atoms with Gasteiger partial charge in [-0.2, -0.15) is 12.6 Å². The van der Waals surface area contributed by atoms with Crippen molar-refractivity contribution in [3.63, 3.8) is 0 Å². The zero-order valence-electron chi connectivity index (χ0n) is 10.6. The van der Waals surface area contributed by atoms with Crippen molar-refractivity contribution in [3.05, 3.63) is 54.6 Å².